The molecule has 5 N–H and O–H groups in total. The van der Waals surface area contributed by atoms with Gasteiger partial charge < -0.3 is 26.0 Å². The van der Waals surface area contributed by atoms with Crippen LogP contribution in [0.3, 0.4) is 0 Å². The number of benzene rings is 2. The number of aliphatic hydroxyl groups excluding tert-OH is 1. The van der Waals surface area contributed by atoms with E-state index >= 15 is 0 Å². The van der Waals surface area contributed by atoms with Crippen molar-refractivity contribution < 1.29 is 20.1 Å². The summed E-state index contributed by atoms with van der Waals surface area (Å²) >= 11 is 0. The molecule has 0 unspecified atom stereocenters. The summed E-state index contributed by atoms with van der Waals surface area (Å²) in [4.78, 5) is 12.5. The Morgan fingerprint density at radius 2 is 1.83 bits per heavy atom. The van der Waals surface area contributed by atoms with Crippen molar-refractivity contribution in [3.63, 3.8) is 0 Å². The Morgan fingerprint density at radius 1 is 1.11 bits per heavy atom. The van der Waals surface area contributed by atoms with Gasteiger partial charge in [-0.1, -0.05) is 48.1 Å². The fourth-order valence-corrected chi connectivity index (χ4v) is 4.34. The summed E-state index contributed by atoms with van der Waals surface area (Å²) in [6.45, 7) is 9.10. The number of hydrogen-bond acceptors (Lipinski definition) is 5. The van der Waals surface area contributed by atoms with Crippen molar-refractivity contribution in [2.24, 2.45) is 0 Å². The number of carbonyl (C=O) groups excluding carboxylic acids is 1. The zero-order valence-electron chi connectivity index (χ0n) is 21.6. The number of nitrogens with one attached hydrogen (secondary N) is 2. The van der Waals surface area contributed by atoms with E-state index in [4.69, 9.17) is 0 Å². The highest BCUT2D eigenvalue weighted by atomic mass is 16.3. The average molecular weight is 491 g/mol. The largest absolute Gasteiger partial charge is 0.508 e. The molecule has 0 saturated heterocycles. The molecule has 2 aromatic carbocycles. The van der Waals surface area contributed by atoms with Crippen LogP contribution in [-0.2, 0) is 11.3 Å². The van der Waals surface area contributed by atoms with Crippen molar-refractivity contribution in [3.8, 4) is 11.5 Å². The molecular formula is C30H38N2O4. The van der Waals surface area contributed by atoms with Crippen molar-refractivity contribution in [3.05, 3.63) is 94.1 Å². The molecule has 1 aliphatic carbocycles. The lowest BCUT2D eigenvalue weighted by Crippen LogP contribution is -2.41. The van der Waals surface area contributed by atoms with Crippen LogP contribution in [0.25, 0.3) is 0 Å². The first-order valence-corrected chi connectivity index (χ1v) is 12.4. The first kappa shape index (κ1) is 27.2. The number of aliphatic hydroxyl groups is 1. The molecule has 0 spiro atoms. The van der Waals surface area contributed by atoms with Gasteiger partial charge in [0, 0.05) is 24.7 Å². The highest BCUT2D eigenvalue weighted by molar-refractivity contribution is 5.79. The molecule has 0 aliphatic heterocycles. The number of aryl methyl sites for hydroxylation is 1. The molecule has 1 atom stereocenters. The first-order chi connectivity index (χ1) is 17.0. The molecule has 192 valence electrons. The standard InChI is InChI=1S/C30H38N2O4/c1-20-7-5-10-24(21(20)2)18-31-29(36)13-22-8-6-9-23(12-11-22)17-30(3,4)32-19-28(35)25-14-26(33)16-27(34)15-25/h5-11,14-16,28,32-35H,12-13,17-19H2,1-4H3,(H,31,36)/t28-/m0/s1. The third-order valence-corrected chi connectivity index (χ3v) is 6.58. The van der Waals surface area contributed by atoms with E-state index in [-0.39, 0.29) is 29.5 Å². The molecule has 0 aromatic heterocycles. The highest BCUT2D eigenvalue weighted by Crippen LogP contribution is 2.27. The van der Waals surface area contributed by atoms with E-state index in [1.807, 2.05) is 24.3 Å². The second-order valence-corrected chi connectivity index (χ2v) is 10.2. The molecule has 0 radical (unpaired) electrons. The van der Waals surface area contributed by atoms with E-state index in [2.05, 4.69) is 56.5 Å². The monoisotopic (exact) mass is 490 g/mol. The normalized spacial score (nSPS) is 14.6. The lowest BCUT2D eigenvalue weighted by atomic mass is 9.92. The van der Waals surface area contributed by atoms with Crippen LogP contribution in [0.5, 0.6) is 11.5 Å². The van der Waals surface area contributed by atoms with Gasteiger partial charge in [-0.2, -0.15) is 0 Å². The van der Waals surface area contributed by atoms with Gasteiger partial charge in [0.25, 0.3) is 0 Å². The number of amides is 1. The number of phenolic OH excluding ortho intramolecular Hbond substituents is 2. The Kier molecular flexibility index (Phi) is 9.13. The van der Waals surface area contributed by atoms with Gasteiger partial charge in [0.15, 0.2) is 0 Å². The quantitative estimate of drug-likeness (QED) is 0.322. The maximum atomic E-state index is 12.5. The molecule has 0 heterocycles. The zero-order chi connectivity index (χ0) is 26.3. The Bertz CT molecular complexity index is 1160. The fraction of sp³-hybridized carbons (Fsp3) is 0.367. The Balaban J connectivity index is 1.48. The number of phenols is 2. The molecule has 2 aromatic rings. The van der Waals surface area contributed by atoms with Crippen molar-refractivity contribution in [1.82, 2.24) is 10.6 Å². The van der Waals surface area contributed by atoms with Crippen LogP contribution in [0.1, 0.15) is 61.5 Å². The number of carbonyl (C=O) groups is 1. The molecular weight excluding hydrogens is 452 g/mol. The van der Waals surface area contributed by atoms with Crippen LogP contribution in [0.4, 0.5) is 0 Å². The van der Waals surface area contributed by atoms with Gasteiger partial charge in [0.05, 0.1) is 12.5 Å². The van der Waals surface area contributed by atoms with Crippen LogP contribution < -0.4 is 10.6 Å². The van der Waals surface area contributed by atoms with Crippen molar-refractivity contribution in [2.45, 2.75) is 65.1 Å². The van der Waals surface area contributed by atoms with Crippen LogP contribution in [0.15, 0.2) is 71.8 Å². The van der Waals surface area contributed by atoms with Gasteiger partial charge in [-0.3, -0.25) is 4.79 Å². The van der Waals surface area contributed by atoms with Crippen molar-refractivity contribution >= 4 is 5.91 Å². The number of β-amino-alcohol motifs (C(OH)–C–C–N with tert-alkyl or cyclic N) is 1. The summed E-state index contributed by atoms with van der Waals surface area (Å²) < 4.78 is 0. The lowest BCUT2D eigenvalue weighted by Gasteiger charge is -2.29. The summed E-state index contributed by atoms with van der Waals surface area (Å²) in [5.74, 6) is -0.162. The Labute approximate surface area is 214 Å². The molecule has 6 nitrogen and oxygen atoms in total. The zero-order valence-corrected chi connectivity index (χ0v) is 21.6. The van der Waals surface area contributed by atoms with E-state index in [1.165, 1.54) is 34.9 Å². The average Bonchev–Trinajstić information content (AvgIpc) is 3.02. The van der Waals surface area contributed by atoms with Crippen LogP contribution in [0.2, 0.25) is 0 Å². The molecule has 1 amide bonds. The molecule has 0 bridgehead atoms. The number of aromatic hydroxyl groups is 2. The minimum atomic E-state index is -0.862. The maximum absolute atomic E-state index is 12.5. The maximum Gasteiger partial charge on any atom is 0.224 e. The molecule has 36 heavy (non-hydrogen) atoms. The number of hydrogen-bond donors (Lipinski definition) is 5. The second-order valence-electron chi connectivity index (χ2n) is 10.2. The lowest BCUT2D eigenvalue weighted by molar-refractivity contribution is -0.120. The van der Waals surface area contributed by atoms with E-state index in [0.717, 1.165) is 24.0 Å². The van der Waals surface area contributed by atoms with Gasteiger partial charge >= 0.3 is 0 Å². The number of allylic oxidation sites excluding steroid dienone is 4. The van der Waals surface area contributed by atoms with E-state index < -0.39 is 6.10 Å². The Morgan fingerprint density at radius 3 is 2.56 bits per heavy atom. The fourth-order valence-electron chi connectivity index (χ4n) is 4.34. The van der Waals surface area contributed by atoms with Crippen molar-refractivity contribution in [2.75, 3.05) is 6.54 Å². The topological polar surface area (TPSA) is 102 Å². The SMILES string of the molecule is Cc1cccc(CNC(=O)CC2=CCC(CC(C)(C)NC[C@H](O)c3cc(O)cc(O)c3)=CC=C2)c1C. The molecule has 6 heteroatoms. The van der Waals surface area contributed by atoms with E-state index in [1.54, 1.807) is 0 Å². The summed E-state index contributed by atoms with van der Waals surface area (Å²) in [7, 11) is 0. The highest BCUT2D eigenvalue weighted by Gasteiger charge is 2.21. The van der Waals surface area contributed by atoms with Gasteiger partial charge in [0.1, 0.15) is 11.5 Å². The van der Waals surface area contributed by atoms with Gasteiger partial charge in [0.2, 0.25) is 5.91 Å². The third-order valence-electron chi connectivity index (χ3n) is 6.58. The molecule has 0 saturated carbocycles. The van der Waals surface area contributed by atoms with Crippen LogP contribution >= 0.6 is 0 Å². The summed E-state index contributed by atoms with van der Waals surface area (Å²) in [5, 5.41) is 36.2. The molecule has 0 fully saturated rings. The first-order valence-electron chi connectivity index (χ1n) is 12.4. The smallest absolute Gasteiger partial charge is 0.224 e. The third kappa shape index (κ3) is 8.11. The summed E-state index contributed by atoms with van der Waals surface area (Å²) in [6.07, 6.45) is 9.16. The van der Waals surface area contributed by atoms with Crippen molar-refractivity contribution in [1.29, 1.82) is 0 Å². The van der Waals surface area contributed by atoms with Gasteiger partial charge in [-0.05, 0) is 80.5 Å². The van der Waals surface area contributed by atoms with Crippen LogP contribution in [-0.4, -0.2) is 33.3 Å². The summed E-state index contributed by atoms with van der Waals surface area (Å²) in [5.41, 5.74) is 5.95. The Hall–Kier alpha value is -3.35. The van der Waals surface area contributed by atoms with Crippen LogP contribution in [0, 0.1) is 13.8 Å². The number of rotatable bonds is 10. The summed E-state index contributed by atoms with van der Waals surface area (Å²) in [6, 6.07) is 10.3. The van der Waals surface area contributed by atoms with Gasteiger partial charge in [-0.25, -0.2) is 0 Å². The predicted octanol–water partition coefficient (Wildman–Crippen LogP) is 5.03. The van der Waals surface area contributed by atoms with Gasteiger partial charge in [-0.15, -0.1) is 0 Å². The minimum Gasteiger partial charge on any atom is -0.508 e. The van der Waals surface area contributed by atoms with E-state index in [0.29, 0.717) is 18.5 Å². The molecule has 3 rings (SSSR count). The molecule has 1 aliphatic rings. The second kappa shape index (κ2) is 12.1. The van der Waals surface area contributed by atoms with E-state index in [9.17, 15) is 20.1 Å². The minimum absolute atomic E-state index is 0.00391. The predicted molar refractivity (Wildman–Crippen MR) is 144 cm³/mol.